The molecular weight excluding hydrogens is 448 g/mol. The molecule has 7 aromatic carbocycles. The van der Waals surface area contributed by atoms with Gasteiger partial charge in [-0.1, -0.05) is 115 Å². The van der Waals surface area contributed by atoms with E-state index in [9.17, 15) is 0 Å². The van der Waals surface area contributed by atoms with Gasteiger partial charge in [0.25, 0.3) is 0 Å². The monoisotopic (exact) mass is 481 g/mol. The van der Waals surface area contributed by atoms with Crippen LogP contribution in [-0.2, 0) is 0 Å². The minimum atomic E-state index is -0.513. The van der Waals surface area contributed by atoms with E-state index in [1.807, 2.05) is 60.7 Å². The lowest BCUT2D eigenvalue weighted by Gasteiger charge is -2.18. The molecule has 1 aromatic heterocycles. The van der Waals surface area contributed by atoms with Gasteiger partial charge in [0.1, 0.15) is 11.2 Å². The van der Waals surface area contributed by atoms with Crippen LogP contribution in [0.1, 0.15) is 15.1 Å². The Morgan fingerprint density at radius 2 is 1.08 bits per heavy atom. The summed E-state index contributed by atoms with van der Waals surface area (Å²) in [6.07, 6.45) is 0. The summed E-state index contributed by atoms with van der Waals surface area (Å²) in [4.78, 5) is 0. The van der Waals surface area contributed by atoms with E-state index >= 15 is 0 Å². The first-order chi connectivity index (χ1) is 22.9. The Balaban J connectivity index is 1.55. The zero-order valence-electron chi connectivity index (χ0n) is 30.3. The number of hydrogen-bond donors (Lipinski definition) is 0. The number of para-hydroxylation sites is 1. The molecule has 0 saturated heterocycles. The molecule has 0 atom stereocenters. The maximum Gasteiger partial charge on any atom is 0.135 e. The number of furan rings is 1. The largest absolute Gasteiger partial charge is 0.456 e. The molecule has 172 valence electrons. The van der Waals surface area contributed by atoms with Crippen molar-refractivity contribution in [3.63, 3.8) is 0 Å². The van der Waals surface area contributed by atoms with E-state index in [2.05, 4.69) is 0 Å². The summed E-state index contributed by atoms with van der Waals surface area (Å²) in [6, 6.07) is 16.1. The topological polar surface area (TPSA) is 13.1 Å². The summed E-state index contributed by atoms with van der Waals surface area (Å²) < 4.78 is 99.9. The predicted molar refractivity (Wildman–Crippen MR) is 157 cm³/mol. The number of fused-ring (bicyclic) bond motifs is 6. The molecule has 0 N–H and O–H groups in total. The van der Waals surface area contributed by atoms with Gasteiger partial charge in [-0.3, -0.25) is 0 Å². The molecule has 8 rings (SSSR count). The van der Waals surface area contributed by atoms with Crippen molar-refractivity contribution >= 4 is 54.3 Å². The third kappa shape index (κ3) is 2.98. The fourth-order valence-corrected chi connectivity index (χ4v) is 5.36. The lowest BCUT2D eigenvalue weighted by molar-refractivity contribution is 0.669. The molecule has 0 aliphatic rings. The zero-order valence-corrected chi connectivity index (χ0v) is 19.3. The van der Waals surface area contributed by atoms with Gasteiger partial charge in [-0.05, 0) is 72.7 Å². The van der Waals surface area contributed by atoms with Crippen LogP contribution in [0.5, 0.6) is 0 Å². The Bertz CT molecular complexity index is 2680. The van der Waals surface area contributed by atoms with Gasteiger partial charge >= 0.3 is 0 Å². The van der Waals surface area contributed by atoms with Crippen molar-refractivity contribution in [1.82, 2.24) is 0 Å². The van der Waals surface area contributed by atoms with E-state index in [0.29, 0.717) is 27.3 Å². The second-order valence-corrected chi connectivity index (χ2v) is 8.86. The maximum absolute atomic E-state index is 9.10. The highest BCUT2D eigenvalue weighted by atomic mass is 16.3. The van der Waals surface area contributed by atoms with Crippen LogP contribution in [0.2, 0.25) is 0 Å². The average molecular weight is 482 g/mol. The van der Waals surface area contributed by atoms with Crippen LogP contribution in [0.15, 0.2) is 138 Å². The van der Waals surface area contributed by atoms with Crippen LogP contribution in [0.3, 0.4) is 0 Å². The summed E-state index contributed by atoms with van der Waals surface area (Å²) in [7, 11) is 0. The van der Waals surface area contributed by atoms with E-state index < -0.39 is 30.2 Å². The smallest absolute Gasteiger partial charge is 0.135 e. The van der Waals surface area contributed by atoms with E-state index in [-0.39, 0.29) is 63.6 Å². The molecule has 0 bridgehead atoms. The molecule has 0 saturated carbocycles. The van der Waals surface area contributed by atoms with Crippen LogP contribution >= 0.6 is 0 Å². The van der Waals surface area contributed by atoms with Gasteiger partial charge in [-0.25, -0.2) is 0 Å². The molecule has 0 aliphatic carbocycles. The van der Waals surface area contributed by atoms with Crippen LogP contribution in [0, 0.1) is 0 Å². The van der Waals surface area contributed by atoms with Gasteiger partial charge in [0.15, 0.2) is 0 Å². The maximum atomic E-state index is 9.10. The average Bonchev–Trinajstić information content (AvgIpc) is 3.48. The summed E-state index contributed by atoms with van der Waals surface area (Å²) in [5, 5.41) is 3.50. The molecule has 0 fully saturated rings. The van der Waals surface area contributed by atoms with Crippen molar-refractivity contribution in [2.45, 2.75) is 0 Å². The van der Waals surface area contributed by atoms with E-state index in [4.69, 9.17) is 19.5 Å². The third-order valence-electron chi connectivity index (χ3n) is 6.90. The predicted octanol–water partition coefficient (Wildman–Crippen LogP) is 10.4. The van der Waals surface area contributed by atoms with Crippen molar-refractivity contribution in [3.05, 3.63) is 133 Å². The van der Waals surface area contributed by atoms with Gasteiger partial charge in [0.05, 0.1) is 15.1 Å². The fourth-order valence-electron chi connectivity index (χ4n) is 5.36. The van der Waals surface area contributed by atoms with Gasteiger partial charge in [0, 0.05) is 10.8 Å². The minimum absolute atomic E-state index is 0.00970. The van der Waals surface area contributed by atoms with Crippen LogP contribution < -0.4 is 0 Å². The van der Waals surface area contributed by atoms with Gasteiger partial charge in [0.2, 0.25) is 0 Å². The molecule has 0 amide bonds. The molecule has 1 nitrogen and oxygen atoms in total. The Hall–Kier alpha value is -4.88. The van der Waals surface area contributed by atoms with Crippen LogP contribution in [0.4, 0.5) is 0 Å². The Labute approximate surface area is 229 Å². The third-order valence-corrected chi connectivity index (χ3v) is 6.90. The Morgan fingerprint density at radius 1 is 0.459 bits per heavy atom. The summed E-state index contributed by atoms with van der Waals surface area (Å²) in [5.41, 5.74) is 2.65. The zero-order chi connectivity index (χ0) is 33.9. The molecule has 8 aromatic rings. The second-order valence-electron chi connectivity index (χ2n) is 8.86. The summed E-state index contributed by atoms with van der Waals surface area (Å²) in [5.74, 6) is 0. The fraction of sp³-hybridized carbons (Fsp3) is 0. The summed E-state index contributed by atoms with van der Waals surface area (Å²) >= 11 is 0. The minimum Gasteiger partial charge on any atom is -0.456 e. The molecule has 37 heavy (non-hydrogen) atoms. The van der Waals surface area contributed by atoms with Crippen molar-refractivity contribution in [1.29, 1.82) is 0 Å². The normalized spacial score (nSPS) is 15.9. The quantitative estimate of drug-likeness (QED) is 0.224. The molecule has 1 heterocycles. The summed E-state index contributed by atoms with van der Waals surface area (Å²) in [6.45, 7) is 0. The first-order valence-corrected chi connectivity index (χ1v) is 11.8. The van der Waals surface area contributed by atoms with Crippen LogP contribution in [0.25, 0.3) is 76.5 Å². The molecule has 0 spiro atoms. The SMILES string of the molecule is [2H]c1c([2H])c([2H])c2c(oc3ccc(-c4c5ccccc5c(-c5c([2H])c([2H])c([2H])c6c([2H])c([2H])c([2H])c([2H])c56)c5ccccc45)cc32)c1[2H]. The first-order valence-electron chi connectivity index (χ1n) is 17.3. The number of rotatable bonds is 2. The molecule has 0 radical (unpaired) electrons. The Kier molecular flexibility index (Phi) is 2.61. The van der Waals surface area contributed by atoms with Crippen molar-refractivity contribution in [2.75, 3.05) is 0 Å². The van der Waals surface area contributed by atoms with Crippen molar-refractivity contribution in [2.24, 2.45) is 0 Å². The molecule has 0 aliphatic heterocycles. The number of hydrogen-bond acceptors (Lipinski definition) is 1. The lowest BCUT2D eigenvalue weighted by Crippen LogP contribution is -1.91. The van der Waals surface area contributed by atoms with E-state index in [0.717, 1.165) is 21.9 Å². The molecule has 1 heteroatoms. The molecular formula is C36H22O. The van der Waals surface area contributed by atoms with Crippen molar-refractivity contribution in [3.8, 4) is 22.3 Å². The van der Waals surface area contributed by atoms with E-state index in [1.54, 1.807) is 6.07 Å². The highest BCUT2D eigenvalue weighted by Crippen LogP contribution is 2.45. The highest BCUT2D eigenvalue weighted by molar-refractivity contribution is 6.24. The number of benzene rings is 7. The first kappa shape index (κ1) is 12.4. The van der Waals surface area contributed by atoms with Gasteiger partial charge in [-0.2, -0.15) is 0 Å². The van der Waals surface area contributed by atoms with Gasteiger partial charge in [-0.15, -0.1) is 0 Å². The second kappa shape index (κ2) is 7.81. The Morgan fingerprint density at radius 3 is 1.84 bits per heavy atom. The van der Waals surface area contributed by atoms with E-state index in [1.165, 1.54) is 0 Å². The standard InChI is InChI=1S/C36H22O/c1-2-12-25-23(10-1)11-9-18-27(25)36-30-16-5-3-14-28(30)35(29-15-4-6-17-31(29)36)24-20-21-34-32(22-24)26-13-7-8-19-33(26)37-34/h1-22H/i1D,2D,7D,8D,9D,10D,11D,12D,13D,18D,19D. The molecule has 0 unspecified atom stereocenters. The van der Waals surface area contributed by atoms with Crippen molar-refractivity contribution < 1.29 is 19.5 Å². The van der Waals surface area contributed by atoms with Crippen LogP contribution in [-0.4, -0.2) is 0 Å². The lowest BCUT2D eigenvalue weighted by atomic mass is 9.84. The van der Waals surface area contributed by atoms with Gasteiger partial charge < -0.3 is 4.42 Å². The highest BCUT2D eigenvalue weighted by Gasteiger charge is 2.18.